The SMILES string of the molecule is O=C(CCn1c(=O)c(N2CCCCC2)nc2ccccc21)NCCc1ccccc1F. The zero-order valence-corrected chi connectivity index (χ0v) is 17.5. The lowest BCUT2D eigenvalue weighted by Gasteiger charge is -2.27. The van der Waals surface area contributed by atoms with Crippen LogP contribution in [0.3, 0.4) is 0 Å². The molecule has 1 aromatic heterocycles. The summed E-state index contributed by atoms with van der Waals surface area (Å²) in [6, 6.07) is 14.1. The topological polar surface area (TPSA) is 67.2 Å². The molecule has 1 aliphatic rings. The largest absolute Gasteiger partial charge is 0.356 e. The number of halogens is 1. The van der Waals surface area contributed by atoms with Crippen LogP contribution in [0.1, 0.15) is 31.2 Å². The van der Waals surface area contributed by atoms with Crippen molar-refractivity contribution in [3.63, 3.8) is 0 Å². The molecule has 0 saturated carbocycles. The first-order valence-corrected chi connectivity index (χ1v) is 10.9. The van der Waals surface area contributed by atoms with Crippen LogP contribution in [0, 0.1) is 5.82 Å². The lowest BCUT2D eigenvalue weighted by Crippen LogP contribution is -2.37. The van der Waals surface area contributed by atoms with E-state index in [-0.39, 0.29) is 30.2 Å². The van der Waals surface area contributed by atoms with E-state index in [4.69, 9.17) is 0 Å². The molecule has 162 valence electrons. The van der Waals surface area contributed by atoms with Gasteiger partial charge in [-0.25, -0.2) is 9.37 Å². The van der Waals surface area contributed by atoms with Gasteiger partial charge in [-0.1, -0.05) is 30.3 Å². The Morgan fingerprint density at radius 3 is 2.58 bits per heavy atom. The summed E-state index contributed by atoms with van der Waals surface area (Å²) in [5.41, 5.74) is 1.90. The minimum atomic E-state index is -0.267. The number of carbonyl (C=O) groups excluding carboxylic acids is 1. The van der Waals surface area contributed by atoms with E-state index in [0.29, 0.717) is 24.3 Å². The van der Waals surface area contributed by atoms with Gasteiger partial charge in [0.1, 0.15) is 5.82 Å². The zero-order valence-electron chi connectivity index (χ0n) is 17.5. The molecular formula is C24H27FN4O2. The number of amides is 1. The Morgan fingerprint density at radius 2 is 1.77 bits per heavy atom. The van der Waals surface area contributed by atoms with Crippen LogP contribution in [0.4, 0.5) is 10.2 Å². The van der Waals surface area contributed by atoms with Gasteiger partial charge in [-0.05, 0) is 49.4 Å². The summed E-state index contributed by atoms with van der Waals surface area (Å²) < 4.78 is 15.4. The molecule has 1 aliphatic heterocycles. The predicted molar refractivity (Wildman–Crippen MR) is 120 cm³/mol. The molecule has 1 fully saturated rings. The highest BCUT2D eigenvalue weighted by molar-refractivity contribution is 5.78. The third-order valence-electron chi connectivity index (χ3n) is 5.73. The Balaban J connectivity index is 1.46. The van der Waals surface area contributed by atoms with Crippen molar-refractivity contribution in [1.82, 2.24) is 14.9 Å². The monoisotopic (exact) mass is 422 g/mol. The molecule has 6 nitrogen and oxygen atoms in total. The van der Waals surface area contributed by atoms with Crippen LogP contribution >= 0.6 is 0 Å². The van der Waals surface area contributed by atoms with Gasteiger partial charge in [0.2, 0.25) is 5.91 Å². The minimum Gasteiger partial charge on any atom is -0.356 e. The molecule has 1 N–H and O–H groups in total. The summed E-state index contributed by atoms with van der Waals surface area (Å²) in [5, 5.41) is 2.83. The molecule has 1 saturated heterocycles. The standard InChI is InChI=1S/C24H27FN4O2/c25-19-9-3-2-8-18(19)12-14-26-22(30)13-17-29-21-11-5-4-10-20(21)27-23(24(29)31)28-15-6-1-7-16-28/h2-5,8-11H,1,6-7,12-17H2,(H,26,30). The summed E-state index contributed by atoms with van der Waals surface area (Å²) in [5.74, 6) is 0.0406. The molecule has 0 spiro atoms. The number of aromatic nitrogens is 2. The van der Waals surface area contributed by atoms with Crippen LogP contribution < -0.4 is 15.8 Å². The van der Waals surface area contributed by atoms with Gasteiger partial charge in [0.15, 0.2) is 5.82 Å². The first kappa shape index (κ1) is 21.0. The number of anilines is 1. The highest BCUT2D eigenvalue weighted by Gasteiger charge is 2.19. The molecule has 4 rings (SSSR count). The third kappa shape index (κ3) is 4.93. The Bertz CT molecular complexity index is 1120. The van der Waals surface area contributed by atoms with Crippen molar-refractivity contribution in [3.05, 3.63) is 70.3 Å². The molecular weight excluding hydrogens is 395 g/mol. The Hall–Kier alpha value is -3.22. The first-order chi connectivity index (χ1) is 15.1. The van der Waals surface area contributed by atoms with Gasteiger partial charge in [-0.3, -0.25) is 9.59 Å². The van der Waals surface area contributed by atoms with Crippen molar-refractivity contribution in [3.8, 4) is 0 Å². The van der Waals surface area contributed by atoms with Gasteiger partial charge >= 0.3 is 0 Å². The number of hydrogen-bond acceptors (Lipinski definition) is 4. The summed E-state index contributed by atoms with van der Waals surface area (Å²) in [7, 11) is 0. The molecule has 0 bridgehead atoms. The molecule has 1 amide bonds. The molecule has 3 aromatic rings. The van der Waals surface area contributed by atoms with E-state index in [2.05, 4.69) is 15.2 Å². The smallest absolute Gasteiger partial charge is 0.294 e. The fourth-order valence-electron chi connectivity index (χ4n) is 4.05. The number of hydrogen-bond donors (Lipinski definition) is 1. The summed E-state index contributed by atoms with van der Waals surface area (Å²) in [4.78, 5) is 32.3. The minimum absolute atomic E-state index is 0.153. The van der Waals surface area contributed by atoms with E-state index >= 15 is 0 Å². The number of nitrogens with one attached hydrogen (secondary N) is 1. The number of carbonyl (C=O) groups is 1. The average Bonchev–Trinajstić information content (AvgIpc) is 2.80. The number of piperidine rings is 1. The molecule has 2 aromatic carbocycles. The molecule has 0 unspecified atom stereocenters. The van der Waals surface area contributed by atoms with Gasteiger partial charge in [-0.15, -0.1) is 0 Å². The Kier molecular flexibility index (Phi) is 6.60. The van der Waals surface area contributed by atoms with Crippen LogP contribution in [0.15, 0.2) is 53.3 Å². The highest BCUT2D eigenvalue weighted by Crippen LogP contribution is 2.18. The quantitative estimate of drug-likeness (QED) is 0.635. The molecule has 0 aliphatic carbocycles. The van der Waals surface area contributed by atoms with Gasteiger partial charge in [-0.2, -0.15) is 0 Å². The van der Waals surface area contributed by atoms with Gasteiger partial charge in [0.05, 0.1) is 11.0 Å². The number of rotatable bonds is 7. The average molecular weight is 423 g/mol. The van der Waals surface area contributed by atoms with Crippen LogP contribution in [-0.4, -0.2) is 35.1 Å². The van der Waals surface area contributed by atoms with Crippen molar-refractivity contribution < 1.29 is 9.18 Å². The number of aryl methyl sites for hydroxylation is 1. The van der Waals surface area contributed by atoms with E-state index in [9.17, 15) is 14.0 Å². The number of nitrogens with zero attached hydrogens (tertiary/aromatic N) is 3. The van der Waals surface area contributed by atoms with Crippen molar-refractivity contribution in [1.29, 1.82) is 0 Å². The number of fused-ring (bicyclic) bond motifs is 1. The zero-order chi connectivity index (χ0) is 21.6. The summed E-state index contributed by atoms with van der Waals surface area (Å²) in [6.07, 6.45) is 3.88. The fraction of sp³-hybridized carbons (Fsp3) is 0.375. The van der Waals surface area contributed by atoms with E-state index < -0.39 is 0 Å². The molecule has 31 heavy (non-hydrogen) atoms. The van der Waals surface area contributed by atoms with Crippen LogP contribution in [0.2, 0.25) is 0 Å². The maximum absolute atomic E-state index is 13.7. The second-order valence-electron chi connectivity index (χ2n) is 7.87. The third-order valence-corrected chi connectivity index (χ3v) is 5.73. The van der Waals surface area contributed by atoms with Crippen molar-refractivity contribution in [2.45, 2.75) is 38.6 Å². The van der Waals surface area contributed by atoms with Crippen molar-refractivity contribution in [2.75, 3.05) is 24.5 Å². The Labute approximate surface area is 180 Å². The number of benzene rings is 2. The molecule has 0 atom stereocenters. The first-order valence-electron chi connectivity index (χ1n) is 10.9. The maximum Gasteiger partial charge on any atom is 0.294 e. The normalized spacial score (nSPS) is 14.0. The lowest BCUT2D eigenvalue weighted by atomic mass is 10.1. The molecule has 7 heteroatoms. The predicted octanol–water partition coefficient (Wildman–Crippen LogP) is 3.27. The lowest BCUT2D eigenvalue weighted by molar-refractivity contribution is -0.121. The van der Waals surface area contributed by atoms with E-state index in [1.807, 2.05) is 24.3 Å². The second-order valence-corrected chi connectivity index (χ2v) is 7.87. The maximum atomic E-state index is 13.7. The van der Waals surface area contributed by atoms with Crippen LogP contribution in [0.5, 0.6) is 0 Å². The highest BCUT2D eigenvalue weighted by atomic mass is 19.1. The Morgan fingerprint density at radius 1 is 1.03 bits per heavy atom. The van der Waals surface area contributed by atoms with E-state index in [0.717, 1.165) is 37.0 Å². The van der Waals surface area contributed by atoms with Crippen LogP contribution in [-0.2, 0) is 17.8 Å². The van der Waals surface area contributed by atoms with E-state index in [1.54, 1.807) is 22.8 Å². The molecule has 2 heterocycles. The van der Waals surface area contributed by atoms with Gasteiger partial charge < -0.3 is 14.8 Å². The summed E-state index contributed by atoms with van der Waals surface area (Å²) >= 11 is 0. The number of para-hydroxylation sites is 2. The van der Waals surface area contributed by atoms with Crippen molar-refractivity contribution in [2.24, 2.45) is 0 Å². The molecule has 0 radical (unpaired) electrons. The van der Waals surface area contributed by atoms with E-state index in [1.165, 1.54) is 12.5 Å². The van der Waals surface area contributed by atoms with Crippen molar-refractivity contribution >= 4 is 22.8 Å². The van der Waals surface area contributed by atoms with Gasteiger partial charge in [0, 0.05) is 32.6 Å². The van der Waals surface area contributed by atoms with Gasteiger partial charge in [0.25, 0.3) is 5.56 Å². The van der Waals surface area contributed by atoms with Crippen LogP contribution in [0.25, 0.3) is 11.0 Å². The second kappa shape index (κ2) is 9.73. The summed E-state index contributed by atoms with van der Waals surface area (Å²) in [6.45, 7) is 2.28. The fourth-order valence-corrected chi connectivity index (χ4v) is 4.05.